The van der Waals surface area contributed by atoms with Gasteiger partial charge in [0.05, 0.1) is 0 Å². The van der Waals surface area contributed by atoms with Gasteiger partial charge in [0, 0.05) is 34.5 Å². The zero-order valence-corrected chi connectivity index (χ0v) is 27.2. The van der Waals surface area contributed by atoms with E-state index in [2.05, 4.69) is 20.9 Å². The smallest absolute Gasteiger partial charge is 0.408 e. The van der Waals surface area contributed by atoms with E-state index < -0.39 is 41.4 Å². The molecular weight excluding hydrogens is 618 g/mol. The molecule has 5 rings (SSSR count). The lowest BCUT2D eigenvalue weighted by molar-refractivity contribution is -0.137. The largest absolute Gasteiger partial charge is 0.445 e. The van der Waals surface area contributed by atoms with Gasteiger partial charge in [0.1, 0.15) is 24.2 Å². The highest BCUT2D eigenvalue weighted by Crippen LogP contribution is 2.35. The second-order valence-electron chi connectivity index (χ2n) is 12.2. The number of nitrogens with two attached hydrogens (primary N) is 1. The molecule has 0 radical (unpaired) electrons. The van der Waals surface area contributed by atoms with Crippen molar-refractivity contribution in [2.45, 2.75) is 70.2 Å². The van der Waals surface area contributed by atoms with E-state index in [0.29, 0.717) is 17.9 Å². The number of para-hydroxylation sites is 1. The first-order valence-electron chi connectivity index (χ1n) is 15.8. The van der Waals surface area contributed by atoms with Crippen molar-refractivity contribution < 1.29 is 23.9 Å². The molecule has 3 aromatic carbocycles. The van der Waals surface area contributed by atoms with Crippen LogP contribution in [0.25, 0.3) is 10.9 Å². The molecule has 4 atom stereocenters. The van der Waals surface area contributed by atoms with Crippen LogP contribution in [0.1, 0.15) is 49.1 Å². The first-order chi connectivity index (χ1) is 22.6. The van der Waals surface area contributed by atoms with Crippen LogP contribution in [0.15, 0.2) is 78.9 Å². The van der Waals surface area contributed by atoms with E-state index in [1.54, 1.807) is 24.3 Å². The molecule has 6 N–H and O–H groups in total. The zero-order valence-electron chi connectivity index (χ0n) is 26.5. The molecule has 0 bridgehead atoms. The highest BCUT2D eigenvalue weighted by atomic mass is 35.5. The van der Waals surface area contributed by atoms with Crippen LogP contribution in [0.4, 0.5) is 4.79 Å². The SMILES string of the molecule is CC[C@H](C)[C@H](NC(=O)OCc1ccccc1)C(=O)N[C@]1(C(=O)N[C@H](Cc2ccc(Cl)cc2)C(N)=O)CCc2[nH]c3ccccc3c2C1. The van der Waals surface area contributed by atoms with Crippen LogP contribution < -0.4 is 21.7 Å². The molecule has 4 aromatic rings. The van der Waals surface area contributed by atoms with E-state index in [9.17, 15) is 19.2 Å². The summed E-state index contributed by atoms with van der Waals surface area (Å²) in [6.45, 7) is 3.80. The van der Waals surface area contributed by atoms with Gasteiger partial charge in [-0.15, -0.1) is 0 Å². The second kappa shape index (κ2) is 14.7. The number of H-pyrrole nitrogens is 1. The minimum absolute atomic E-state index is 0.0410. The summed E-state index contributed by atoms with van der Waals surface area (Å²) in [4.78, 5) is 57.4. The van der Waals surface area contributed by atoms with Gasteiger partial charge in [0.15, 0.2) is 0 Å². The first-order valence-corrected chi connectivity index (χ1v) is 16.2. The third-order valence-electron chi connectivity index (χ3n) is 8.96. The molecule has 47 heavy (non-hydrogen) atoms. The lowest BCUT2D eigenvalue weighted by atomic mass is 9.78. The number of halogens is 1. The number of aryl methyl sites for hydroxylation is 1. The third-order valence-corrected chi connectivity index (χ3v) is 9.21. The Bertz CT molecular complexity index is 1740. The third kappa shape index (κ3) is 7.94. The lowest BCUT2D eigenvalue weighted by Crippen LogP contribution is -2.66. The molecule has 11 heteroatoms. The van der Waals surface area contributed by atoms with Crippen molar-refractivity contribution in [2.24, 2.45) is 11.7 Å². The van der Waals surface area contributed by atoms with E-state index >= 15 is 0 Å². The number of aromatic nitrogens is 1. The number of carbonyl (C=O) groups excluding carboxylic acids is 4. The quantitative estimate of drug-likeness (QED) is 0.149. The first kappa shape index (κ1) is 33.5. The number of primary amides is 1. The molecule has 0 saturated heterocycles. The minimum atomic E-state index is -1.44. The van der Waals surface area contributed by atoms with Crippen LogP contribution >= 0.6 is 11.6 Å². The van der Waals surface area contributed by atoms with Crippen LogP contribution in [0, 0.1) is 5.92 Å². The predicted molar refractivity (Wildman–Crippen MR) is 180 cm³/mol. The van der Waals surface area contributed by atoms with Crippen molar-refractivity contribution in [2.75, 3.05) is 0 Å². The predicted octanol–water partition coefficient (Wildman–Crippen LogP) is 4.72. The number of aromatic amines is 1. The number of hydrogen-bond donors (Lipinski definition) is 5. The fraction of sp³-hybridized carbons (Fsp3) is 0.333. The summed E-state index contributed by atoms with van der Waals surface area (Å²) in [5.41, 5.74) is 8.72. The van der Waals surface area contributed by atoms with Crippen LogP contribution in [-0.2, 0) is 45.0 Å². The molecule has 0 spiro atoms. The Hall–Kier alpha value is -4.83. The fourth-order valence-electron chi connectivity index (χ4n) is 6.04. The second-order valence-corrected chi connectivity index (χ2v) is 12.6. The van der Waals surface area contributed by atoms with Gasteiger partial charge < -0.3 is 31.4 Å². The topological polar surface area (TPSA) is 155 Å². The summed E-state index contributed by atoms with van der Waals surface area (Å²) >= 11 is 6.03. The van der Waals surface area contributed by atoms with Crippen molar-refractivity contribution >= 4 is 46.3 Å². The Morgan fingerprint density at radius 2 is 1.66 bits per heavy atom. The van der Waals surface area contributed by atoms with Crippen LogP contribution in [0.2, 0.25) is 5.02 Å². The summed E-state index contributed by atoms with van der Waals surface area (Å²) in [6.07, 6.45) is 0.868. The molecule has 0 fully saturated rings. The maximum Gasteiger partial charge on any atom is 0.408 e. The number of nitrogens with one attached hydrogen (secondary N) is 4. The summed E-state index contributed by atoms with van der Waals surface area (Å²) in [5, 5.41) is 10.1. The highest BCUT2D eigenvalue weighted by molar-refractivity contribution is 6.30. The average Bonchev–Trinajstić information content (AvgIpc) is 3.44. The highest BCUT2D eigenvalue weighted by Gasteiger charge is 2.46. The number of fused-ring (bicyclic) bond motifs is 3. The van der Waals surface area contributed by atoms with Crippen LogP contribution in [0.5, 0.6) is 0 Å². The molecular formula is C36H40ClN5O5. The van der Waals surface area contributed by atoms with Gasteiger partial charge in [0.2, 0.25) is 17.7 Å². The normalized spacial score (nSPS) is 17.5. The van der Waals surface area contributed by atoms with E-state index in [0.717, 1.165) is 33.3 Å². The number of ether oxygens (including phenoxy) is 1. The van der Waals surface area contributed by atoms with E-state index in [-0.39, 0.29) is 31.8 Å². The average molecular weight is 658 g/mol. The minimum Gasteiger partial charge on any atom is -0.445 e. The van der Waals surface area contributed by atoms with Gasteiger partial charge in [-0.1, -0.05) is 92.5 Å². The van der Waals surface area contributed by atoms with E-state index in [1.807, 2.05) is 68.4 Å². The van der Waals surface area contributed by atoms with E-state index in [4.69, 9.17) is 22.1 Å². The monoisotopic (exact) mass is 657 g/mol. The molecule has 1 aliphatic rings. The van der Waals surface area contributed by atoms with Gasteiger partial charge in [-0.05, 0) is 53.6 Å². The van der Waals surface area contributed by atoms with Gasteiger partial charge in [0.25, 0.3) is 0 Å². The van der Waals surface area contributed by atoms with Gasteiger partial charge in [-0.3, -0.25) is 14.4 Å². The van der Waals surface area contributed by atoms with Crippen molar-refractivity contribution in [3.05, 3.63) is 106 Å². The number of hydrogen-bond acceptors (Lipinski definition) is 5. The van der Waals surface area contributed by atoms with Crippen molar-refractivity contribution in [1.82, 2.24) is 20.9 Å². The molecule has 1 aromatic heterocycles. The standard InChI is InChI=1S/C36H40ClN5O5/c1-3-22(2)31(41-35(46)47-21-24-9-5-4-6-10-24)33(44)42-36(18-17-29-27(20-36)26-11-7-8-12-28(26)39-29)34(45)40-30(32(38)43)19-23-13-15-25(37)16-14-23/h4-16,22,30-31,39H,3,17-21H2,1-2H3,(H2,38,43)(H,40,45)(H,41,46)(H,42,44)/t22-,30+,31-,36+/m0/s1. The Balaban J connectivity index is 1.41. The van der Waals surface area contributed by atoms with Gasteiger partial charge >= 0.3 is 6.09 Å². The Labute approximate surface area is 278 Å². The summed E-state index contributed by atoms with van der Waals surface area (Å²) in [7, 11) is 0. The number of carbonyl (C=O) groups is 4. The maximum absolute atomic E-state index is 14.3. The molecule has 246 valence electrons. The van der Waals surface area contributed by atoms with Gasteiger partial charge in [-0.25, -0.2) is 4.79 Å². The molecule has 1 heterocycles. The molecule has 4 amide bonds. The van der Waals surface area contributed by atoms with Crippen LogP contribution in [-0.4, -0.2) is 46.4 Å². The van der Waals surface area contributed by atoms with E-state index in [1.165, 1.54) is 0 Å². The van der Waals surface area contributed by atoms with Gasteiger partial charge in [-0.2, -0.15) is 0 Å². The molecule has 0 saturated carbocycles. The van der Waals surface area contributed by atoms with Crippen molar-refractivity contribution in [3.8, 4) is 0 Å². The lowest BCUT2D eigenvalue weighted by Gasteiger charge is -2.39. The van der Waals surface area contributed by atoms with Crippen molar-refractivity contribution in [1.29, 1.82) is 0 Å². The van der Waals surface area contributed by atoms with Crippen LogP contribution in [0.3, 0.4) is 0 Å². The molecule has 0 aliphatic heterocycles. The summed E-state index contributed by atoms with van der Waals surface area (Å²) in [6, 6.07) is 21.9. The number of benzene rings is 3. The number of alkyl carbamates (subject to hydrolysis) is 1. The fourth-order valence-corrected chi connectivity index (χ4v) is 6.17. The van der Waals surface area contributed by atoms with Crippen molar-refractivity contribution in [3.63, 3.8) is 0 Å². The summed E-state index contributed by atoms with van der Waals surface area (Å²) in [5.74, 6) is -2.05. The Kier molecular flexibility index (Phi) is 10.5. The number of amides is 4. The Morgan fingerprint density at radius 3 is 2.36 bits per heavy atom. The molecule has 10 nitrogen and oxygen atoms in total. The number of rotatable bonds is 12. The molecule has 1 aliphatic carbocycles. The Morgan fingerprint density at radius 1 is 0.957 bits per heavy atom. The summed E-state index contributed by atoms with van der Waals surface area (Å²) < 4.78 is 5.42. The zero-order chi connectivity index (χ0) is 33.6. The molecule has 0 unspecified atom stereocenters. The maximum atomic E-state index is 14.3.